The van der Waals surface area contributed by atoms with E-state index in [-0.39, 0.29) is 0 Å². The second kappa shape index (κ2) is 7.98. The number of benzene rings is 1. The largest absolute Gasteiger partial charge is 0.310 e. The van der Waals surface area contributed by atoms with Gasteiger partial charge >= 0.3 is 0 Å². The van der Waals surface area contributed by atoms with Crippen molar-refractivity contribution in [3.63, 3.8) is 0 Å². The standard InChI is InChI=1S/C20H33N/c1-5-16-10-13-17(6-2)19(14-16)20(21-7-3)18-11-8-15(4)9-12-18/h10,13-15,18,20-21H,5-9,11-12H2,1-4H3. The van der Waals surface area contributed by atoms with Crippen molar-refractivity contribution in [1.82, 2.24) is 5.32 Å². The number of nitrogens with one attached hydrogen (secondary N) is 1. The average molecular weight is 287 g/mol. The molecule has 0 bridgehead atoms. The van der Waals surface area contributed by atoms with Gasteiger partial charge in [-0.25, -0.2) is 0 Å². The molecule has 0 amide bonds. The molecule has 1 heteroatoms. The highest BCUT2D eigenvalue weighted by Crippen LogP contribution is 2.38. The molecule has 21 heavy (non-hydrogen) atoms. The Morgan fingerprint density at radius 3 is 2.33 bits per heavy atom. The summed E-state index contributed by atoms with van der Waals surface area (Å²) in [5.41, 5.74) is 4.60. The Hall–Kier alpha value is -0.820. The SMILES string of the molecule is CCNC(c1cc(CC)ccc1CC)C1CCC(C)CC1. The quantitative estimate of drug-likeness (QED) is 0.749. The topological polar surface area (TPSA) is 12.0 Å². The molecule has 0 aromatic heterocycles. The van der Waals surface area contributed by atoms with Crippen LogP contribution in [0.25, 0.3) is 0 Å². The highest BCUT2D eigenvalue weighted by Gasteiger charge is 2.27. The Kier molecular flexibility index (Phi) is 6.29. The van der Waals surface area contributed by atoms with Crippen LogP contribution in [-0.4, -0.2) is 6.54 Å². The smallest absolute Gasteiger partial charge is 0.0351 e. The predicted molar refractivity (Wildman–Crippen MR) is 92.7 cm³/mol. The van der Waals surface area contributed by atoms with Gasteiger partial charge < -0.3 is 5.32 Å². The summed E-state index contributed by atoms with van der Waals surface area (Å²) < 4.78 is 0. The molecule has 1 nitrogen and oxygen atoms in total. The van der Waals surface area contributed by atoms with Gasteiger partial charge in [0.2, 0.25) is 0 Å². The van der Waals surface area contributed by atoms with Crippen molar-refractivity contribution in [2.24, 2.45) is 11.8 Å². The minimum Gasteiger partial charge on any atom is -0.310 e. The third-order valence-corrected chi connectivity index (χ3v) is 5.29. The number of hydrogen-bond acceptors (Lipinski definition) is 1. The normalized spacial score (nSPS) is 24.0. The Bertz CT molecular complexity index is 429. The van der Waals surface area contributed by atoms with Crippen LogP contribution in [0.1, 0.15) is 76.1 Å². The van der Waals surface area contributed by atoms with Crippen LogP contribution in [0.5, 0.6) is 0 Å². The molecule has 0 heterocycles. The maximum Gasteiger partial charge on any atom is 0.0351 e. The van der Waals surface area contributed by atoms with Crippen molar-refractivity contribution in [3.8, 4) is 0 Å². The fourth-order valence-electron chi connectivity index (χ4n) is 3.85. The van der Waals surface area contributed by atoms with Gasteiger partial charge in [-0.3, -0.25) is 0 Å². The van der Waals surface area contributed by atoms with E-state index in [1.54, 1.807) is 5.56 Å². The van der Waals surface area contributed by atoms with Gasteiger partial charge in [-0.05, 0) is 60.8 Å². The van der Waals surface area contributed by atoms with Crippen molar-refractivity contribution in [3.05, 3.63) is 34.9 Å². The summed E-state index contributed by atoms with van der Waals surface area (Å²) in [6, 6.07) is 7.71. The Balaban J connectivity index is 2.28. The van der Waals surface area contributed by atoms with Crippen molar-refractivity contribution >= 4 is 0 Å². The van der Waals surface area contributed by atoms with E-state index in [2.05, 4.69) is 51.2 Å². The van der Waals surface area contributed by atoms with E-state index >= 15 is 0 Å². The molecule has 1 unspecified atom stereocenters. The van der Waals surface area contributed by atoms with Gasteiger partial charge in [-0.15, -0.1) is 0 Å². The lowest BCUT2D eigenvalue weighted by molar-refractivity contribution is 0.232. The Morgan fingerprint density at radius 1 is 1.05 bits per heavy atom. The molecule has 0 aliphatic heterocycles. The molecule has 1 fully saturated rings. The van der Waals surface area contributed by atoms with Gasteiger partial charge in [0, 0.05) is 6.04 Å². The minimum absolute atomic E-state index is 0.559. The zero-order chi connectivity index (χ0) is 15.2. The molecule has 2 rings (SSSR count). The van der Waals surface area contributed by atoms with E-state index < -0.39 is 0 Å². The first-order valence-corrected chi connectivity index (χ1v) is 9.04. The third kappa shape index (κ3) is 4.10. The lowest BCUT2D eigenvalue weighted by Gasteiger charge is -2.34. The predicted octanol–water partition coefficient (Wildman–Crippen LogP) is 5.29. The van der Waals surface area contributed by atoms with Crippen LogP contribution in [0.3, 0.4) is 0 Å². The van der Waals surface area contributed by atoms with Crippen molar-refractivity contribution < 1.29 is 0 Å². The molecule has 0 radical (unpaired) electrons. The van der Waals surface area contributed by atoms with Gasteiger partial charge in [-0.2, -0.15) is 0 Å². The highest BCUT2D eigenvalue weighted by atomic mass is 14.9. The van der Waals surface area contributed by atoms with E-state index in [1.165, 1.54) is 36.8 Å². The number of rotatable bonds is 6. The minimum atomic E-state index is 0.559. The summed E-state index contributed by atoms with van der Waals surface area (Å²) in [5, 5.41) is 3.81. The summed E-state index contributed by atoms with van der Waals surface area (Å²) in [6.07, 6.45) is 7.86. The summed E-state index contributed by atoms with van der Waals surface area (Å²) >= 11 is 0. The van der Waals surface area contributed by atoms with E-state index in [0.29, 0.717) is 6.04 Å². The Morgan fingerprint density at radius 2 is 1.76 bits per heavy atom. The molecule has 118 valence electrons. The van der Waals surface area contributed by atoms with Crippen LogP contribution in [0.4, 0.5) is 0 Å². The summed E-state index contributed by atoms with van der Waals surface area (Å²) in [4.78, 5) is 0. The third-order valence-electron chi connectivity index (χ3n) is 5.29. The molecule has 1 aromatic rings. The zero-order valence-electron chi connectivity index (χ0n) is 14.4. The van der Waals surface area contributed by atoms with E-state index in [1.807, 2.05) is 0 Å². The highest BCUT2D eigenvalue weighted by molar-refractivity contribution is 5.35. The van der Waals surface area contributed by atoms with Crippen molar-refractivity contribution in [2.75, 3.05) is 6.54 Å². The summed E-state index contributed by atoms with van der Waals surface area (Å²) in [7, 11) is 0. The fourth-order valence-corrected chi connectivity index (χ4v) is 3.85. The van der Waals surface area contributed by atoms with Crippen LogP contribution in [0, 0.1) is 11.8 Å². The molecule has 1 aliphatic carbocycles. The van der Waals surface area contributed by atoms with Crippen molar-refractivity contribution in [2.45, 2.75) is 72.3 Å². The van der Waals surface area contributed by atoms with Crippen molar-refractivity contribution in [1.29, 1.82) is 0 Å². The van der Waals surface area contributed by atoms with Crippen LogP contribution in [0.2, 0.25) is 0 Å². The molecule has 1 aliphatic rings. The average Bonchev–Trinajstić information content (AvgIpc) is 2.53. The van der Waals surface area contributed by atoms with E-state index in [0.717, 1.165) is 31.2 Å². The molecule has 1 N–H and O–H groups in total. The first-order chi connectivity index (χ1) is 10.2. The molecule has 1 saturated carbocycles. The maximum absolute atomic E-state index is 3.81. The maximum atomic E-state index is 3.81. The second-order valence-corrected chi connectivity index (χ2v) is 6.80. The fraction of sp³-hybridized carbons (Fsp3) is 0.700. The van der Waals surface area contributed by atoms with Gasteiger partial charge in [0.15, 0.2) is 0 Å². The van der Waals surface area contributed by atoms with Gasteiger partial charge in [0.25, 0.3) is 0 Å². The first-order valence-electron chi connectivity index (χ1n) is 9.04. The lowest BCUT2D eigenvalue weighted by Crippen LogP contribution is -2.31. The lowest BCUT2D eigenvalue weighted by atomic mass is 9.76. The molecule has 1 aromatic carbocycles. The first kappa shape index (κ1) is 16.5. The molecular weight excluding hydrogens is 254 g/mol. The zero-order valence-corrected chi connectivity index (χ0v) is 14.4. The number of aryl methyl sites for hydroxylation is 2. The van der Waals surface area contributed by atoms with Crippen LogP contribution >= 0.6 is 0 Å². The van der Waals surface area contributed by atoms with E-state index in [4.69, 9.17) is 0 Å². The molecule has 1 atom stereocenters. The van der Waals surface area contributed by atoms with Crippen LogP contribution in [0.15, 0.2) is 18.2 Å². The van der Waals surface area contributed by atoms with Crippen LogP contribution in [-0.2, 0) is 12.8 Å². The van der Waals surface area contributed by atoms with Crippen LogP contribution < -0.4 is 5.32 Å². The molecular formula is C20H33N. The van der Waals surface area contributed by atoms with Gasteiger partial charge in [-0.1, -0.05) is 58.7 Å². The van der Waals surface area contributed by atoms with E-state index in [9.17, 15) is 0 Å². The van der Waals surface area contributed by atoms with Gasteiger partial charge in [0.1, 0.15) is 0 Å². The molecule has 0 spiro atoms. The number of hydrogen-bond donors (Lipinski definition) is 1. The molecule has 0 saturated heterocycles. The second-order valence-electron chi connectivity index (χ2n) is 6.80. The Labute approximate surface area is 131 Å². The summed E-state index contributed by atoms with van der Waals surface area (Å²) in [5.74, 6) is 1.75. The van der Waals surface area contributed by atoms with Gasteiger partial charge in [0.05, 0.1) is 0 Å². The monoisotopic (exact) mass is 287 g/mol. The summed E-state index contributed by atoms with van der Waals surface area (Å²) in [6.45, 7) is 10.3.